The van der Waals surface area contributed by atoms with Crippen LogP contribution in [-0.4, -0.2) is 25.2 Å². The largest absolute Gasteiger partial charge is 0.465 e. The van der Waals surface area contributed by atoms with Gasteiger partial charge in [-0.15, -0.1) is 11.8 Å². The molecular formula is C25H32O4. The number of aryl methyl sites for hydroxylation is 1. The van der Waals surface area contributed by atoms with Crippen LogP contribution in [0.25, 0.3) is 0 Å². The van der Waals surface area contributed by atoms with Crippen LogP contribution >= 0.6 is 0 Å². The maximum Gasteiger partial charge on any atom is 0.324 e. The standard InChI is InChI=1S/C25H32O4/c1-5-28-22(26)25(23(27)29-6-2,19-21-18-24(21,3)4)17-13-8-7-10-14-20-15-11-9-12-16-20/h9,11-12,15-16,18H,5-7,10,14,17,19H2,1-4H3. The van der Waals surface area contributed by atoms with Crippen molar-refractivity contribution < 1.29 is 19.1 Å². The summed E-state index contributed by atoms with van der Waals surface area (Å²) in [6, 6.07) is 10.3. The molecule has 0 atom stereocenters. The van der Waals surface area contributed by atoms with Crippen LogP contribution in [0.1, 0.15) is 58.9 Å². The molecule has 0 spiro atoms. The Balaban J connectivity index is 2.08. The van der Waals surface area contributed by atoms with Crippen molar-refractivity contribution in [2.45, 2.75) is 59.8 Å². The molecule has 4 heteroatoms. The van der Waals surface area contributed by atoms with E-state index in [9.17, 15) is 9.59 Å². The van der Waals surface area contributed by atoms with Crippen molar-refractivity contribution >= 4 is 11.9 Å². The molecule has 0 unspecified atom stereocenters. The normalized spacial score (nSPS) is 14.3. The SMILES string of the molecule is CCOC(=O)C(CC#CCCCc1ccccc1)(CC1=CC1(C)C)C(=O)OCC. The molecule has 0 radical (unpaired) electrons. The third kappa shape index (κ3) is 6.22. The van der Waals surface area contributed by atoms with Crippen LogP contribution in [0.4, 0.5) is 0 Å². The number of hydrogen-bond donors (Lipinski definition) is 0. The van der Waals surface area contributed by atoms with Crippen molar-refractivity contribution in [2.24, 2.45) is 10.8 Å². The summed E-state index contributed by atoms with van der Waals surface area (Å²) in [5.74, 6) is 5.12. The topological polar surface area (TPSA) is 52.6 Å². The molecule has 0 N–H and O–H groups in total. The van der Waals surface area contributed by atoms with Crippen LogP contribution in [0.2, 0.25) is 0 Å². The van der Waals surface area contributed by atoms with E-state index in [2.05, 4.69) is 43.9 Å². The smallest absolute Gasteiger partial charge is 0.324 e. The van der Waals surface area contributed by atoms with Crippen molar-refractivity contribution in [1.29, 1.82) is 0 Å². The van der Waals surface area contributed by atoms with Gasteiger partial charge in [0.1, 0.15) is 0 Å². The fourth-order valence-corrected chi connectivity index (χ4v) is 3.30. The van der Waals surface area contributed by atoms with E-state index >= 15 is 0 Å². The van der Waals surface area contributed by atoms with E-state index < -0.39 is 17.4 Å². The molecule has 29 heavy (non-hydrogen) atoms. The van der Waals surface area contributed by atoms with Crippen LogP contribution in [-0.2, 0) is 25.5 Å². The fraction of sp³-hybridized carbons (Fsp3) is 0.520. The second-order valence-corrected chi connectivity index (χ2v) is 7.96. The Morgan fingerprint density at radius 3 is 2.10 bits per heavy atom. The fourth-order valence-electron chi connectivity index (χ4n) is 3.30. The number of allylic oxidation sites excluding steroid dienone is 2. The van der Waals surface area contributed by atoms with Gasteiger partial charge >= 0.3 is 11.9 Å². The number of carbonyl (C=O) groups excluding carboxylic acids is 2. The molecule has 0 amide bonds. The van der Waals surface area contributed by atoms with E-state index in [1.54, 1.807) is 13.8 Å². The van der Waals surface area contributed by atoms with Gasteiger partial charge in [-0.2, -0.15) is 0 Å². The molecule has 0 heterocycles. The minimum atomic E-state index is -1.39. The predicted molar refractivity (Wildman–Crippen MR) is 114 cm³/mol. The number of benzene rings is 1. The lowest BCUT2D eigenvalue weighted by Gasteiger charge is -2.27. The second kappa shape index (κ2) is 10.3. The van der Waals surface area contributed by atoms with Crippen molar-refractivity contribution in [3.8, 4) is 11.8 Å². The zero-order valence-electron chi connectivity index (χ0n) is 18.0. The first-order chi connectivity index (χ1) is 13.9. The molecule has 0 saturated heterocycles. The molecule has 1 aliphatic rings. The van der Waals surface area contributed by atoms with Gasteiger partial charge in [0.15, 0.2) is 5.41 Å². The third-order valence-electron chi connectivity index (χ3n) is 5.23. The number of esters is 2. The second-order valence-electron chi connectivity index (χ2n) is 7.96. The zero-order chi connectivity index (χ0) is 21.3. The van der Waals surface area contributed by atoms with E-state index in [0.717, 1.165) is 18.4 Å². The van der Waals surface area contributed by atoms with Gasteiger partial charge < -0.3 is 9.47 Å². The molecule has 156 valence electrons. The molecule has 2 rings (SSSR count). The van der Waals surface area contributed by atoms with Gasteiger partial charge in [0.2, 0.25) is 0 Å². The van der Waals surface area contributed by atoms with Crippen molar-refractivity contribution in [1.82, 2.24) is 0 Å². The summed E-state index contributed by atoms with van der Waals surface area (Å²) >= 11 is 0. The van der Waals surface area contributed by atoms with Gasteiger partial charge in [-0.1, -0.05) is 55.8 Å². The lowest BCUT2D eigenvalue weighted by Crippen LogP contribution is -2.42. The van der Waals surface area contributed by atoms with Crippen LogP contribution in [0, 0.1) is 22.7 Å². The van der Waals surface area contributed by atoms with Gasteiger partial charge in [0.05, 0.1) is 13.2 Å². The van der Waals surface area contributed by atoms with Gasteiger partial charge in [0, 0.05) is 18.3 Å². The van der Waals surface area contributed by atoms with E-state index in [-0.39, 0.29) is 25.0 Å². The van der Waals surface area contributed by atoms with Crippen molar-refractivity contribution in [3.05, 3.63) is 47.5 Å². The lowest BCUT2D eigenvalue weighted by molar-refractivity contribution is -0.171. The number of carbonyl (C=O) groups is 2. The zero-order valence-corrected chi connectivity index (χ0v) is 18.0. The average molecular weight is 397 g/mol. The van der Waals surface area contributed by atoms with E-state index in [4.69, 9.17) is 9.47 Å². The first-order valence-electron chi connectivity index (χ1n) is 10.4. The molecule has 0 saturated carbocycles. The summed E-state index contributed by atoms with van der Waals surface area (Å²) in [6.45, 7) is 8.05. The minimum absolute atomic E-state index is 0.0622. The van der Waals surface area contributed by atoms with Gasteiger partial charge in [-0.25, -0.2) is 0 Å². The number of unbranched alkanes of at least 4 members (excludes halogenated alkanes) is 1. The van der Waals surface area contributed by atoms with Gasteiger partial charge in [0.25, 0.3) is 0 Å². The monoisotopic (exact) mass is 396 g/mol. The predicted octanol–water partition coefficient (Wildman–Crippen LogP) is 4.87. The summed E-state index contributed by atoms with van der Waals surface area (Å²) < 4.78 is 10.5. The molecular weight excluding hydrogens is 364 g/mol. The van der Waals surface area contributed by atoms with Crippen molar-refractivity contribution in [2.75, 3.05) is 13.2 Å². The number of hydrogen-bond acceptors (Lipinski definition) is 4. The van der Waals surface area contributed by atoms with Crippen molar-refractivity contribution in [3.63, 3.8) is 0 Å². The maximum absolute atomic E-state index is 12.8. The lowest BCUT2D eigenvalue weighted by atomic mass is 9.78. The third-order valence-corrected chi connectivity index (χ3v) is 5.23. The highest BCUT2D eigenvalue weighted by molar-refractivity contribution is 6.01. The van der Waals surface area contributed by atoms with Crippen LogP contribution in [0.3, 0.4) is 0 Å². The molecule has 1 aromatic carbocycles. The molecule has 4 nitrogen and oxygen atoms in total. The maximum atomic E-state index is 12.8. The molecule has 0 bridgehead atoms. The summed E-state index contributed by atoms with van der Waals surface area (Å²) in [5, 5.41) is 0. The Labute approximate surface area is 174 Å². The Hall–Kier alpha value is -2.54. The highest BCUT2D eigenvalue weighted by Crippen LogP contribution is 2.50. The highest BCUT2D eigenvalue weighted by atomic mass is 16.6. The summed E-state index contributed by atoms with van der Waals surface area (Å²) in [7, 11) is 0. The van der Waals surface area contributed by atoms with E-state index in [1.165, 1.54) is 5.56 Å². The first-order valence-corrected chi connectivity index (χ1v) is 10.4. The molecule has 1 aliphatic carbocycles. The Morgan fingerprint density at radius 2 is 1.59 bits per heavy atom. The summed E-state index contributed by atoms with van der Waals surface area (Å²) in [4.78, 5) is 25.7. The average Bonchev–Trinajstić information content (AvgIpc) is 3.30. The highest BCUT2D eigenvalue weighted by Gasteiger charge is 2.52. The minimum Gasteiger partial charge on any atom is -0.465 e. The van der Waals surface area contributed by atoms with Gasteiger partial charge in [-0.3, -0.25) is 9.59 Å². The molecule has 0 fully saturated rings. The molecule has 0 aliphatic heterocycles. The Kier molecular flexibility index (Phi) is 8.08. The van der Waals surface area contributed by atoms with Crippen LogP contribution in [0.5, 0.6) is 0 Å². The van der Waals surface area contributed by atoms with Gasteiger partial charge in [-0.05, 0) is 38.7 Å². The molecule has 1 aromatic rings. The quantitative estimate of drug-likeness (QED) is 0.186. The van der Waals surface area contributed by atoms with Crippen LogP contribution in [0.15, 0.2) is 42.0 Å². The Morgan fingerprint density at radius 1 is 1.00 bits per heavy atom. The molecule has 0 aromatic heterocycles. The first kappa shape index (κ1) is 22.7. The van der Waals surface area contributed by atoms with Crippen LogP contribution < -0.4 is 0 Å². The summed E-state index contributed by atoms with van der Waals surface area (Å²) in [5.41, 5.74) is 0.903. The Bertz CT molecular complexity index is 775. The number of rotatable bonds is 10. The number of ether oxygens (including phenoxy) is 2. The van der Waals surface area contributed by atoms with E-state index in [0.29, 0.717) is 12.8 Å². The van der Waals surface area contributed by atoms with E-state index in [1.807, 2.05) is 18.2 Å². The summed E-state index contributed by atoms with van der Waals surface area (Å²) in [6.07, 6.45) is 5.09.